The highest BCUT2D eigenvalue weighted by Crippen LogP contribution is 2.42. The number of carbonyl (C=O) groups excluding carboxylic acids is 1. The SMILES string of the molecule is C=C(C)C(=O)OC1CCCC2C(NS(C)(=O)=O)CCCC12. The predicted octanol–water partition coefficient (Wildman–Crippen LogP) is 1.99. The number of sulfonamides is 1. The maximum atomic E-state index is 11.8. The molecule has 120 valence electrons. The Labute approximate surface area is 127 Å². The van der Waals surface area contributed by atoms with Gasteiger partial charge in [-0.1, -0.05) is 13.0 Å². The fourth-order valence-electron chi connectivity index (χ4n) is 3.75. The van der Waals surface area contributed by atoms with Crippen molar-refractivity contribution >= 4 is 16.0 Å². The average molecular weight is 315 g/mol. The van der Waals surface area contributed by atoms with Gasteiger partial charge in [0.1, 0.15) is 6.10 Å². The first-order chi connectivity index (χ1) is 9.78. The van der Waals surface area contributed by atoms with Crippen molar-refractivity contribution in [2.24, 2.45) is 11.8 Å². The molecule has 0 heterocycles. The molecule has 0 saturated heterocycles. The van der Waals surface area contributed by atoms with E-state index in [9.17, 15) is 13.2 Å². The van der Waals surface area contributed by atoms with E-state index in [1.165, 1.54) is 6.26 Å². The van der Waals surface area contributed by atoms with Gasteiger partial charge in [-0.3, -0.25) is 0 Å². The molecule has 0 radical (unpaired) electrons. The van der Waals surface area contributed by atoms with Gasteiger partial charge >= 0.3 is 5.97 Å². The van der Waals surface area contributed by atoms with Gasteiger partial charge in [0.15, 0.2) is 0 Å². The minimum atomic E-state index is -3.20. The van der Waals surface area contributed by atoms with Gasteiger partial charge in [0.2, 0.25) is 10.0 Å². The maximum Gasteiger partial charge on any atom is 0.333 e. The molecule has 6 heteroatoms. The Balaban J connectivity index is 2.08. The molecule has 0 bridgehead atoms. The molecule has 0 aromatic heterocycles. The zero-order valence-electron chi connectivity index (χ0n) is 12.8. The van der Waals surface area contributed by atoms with Crippen LogP contribution in [-0.4, -0.2) is 32.8 Å². The minimum Gasteiger partial charge on any atom is -0.459 e. The fourth-order valence-corrected chi connectivity index (χ4v) is 4.59. The lowest BCUT2D eigenvalue weighted by molar-refractivity contribution is -0.152. The molecule has 2 aliphatic rings. The van der Waals surface area contributed by atoms with Crippen molar-refractivity contribution in [2.45, 2.75) is 57.6 Å². The third-order valence-corrected chi connectivity index (χ3v) is 5.33. The second-order valence-electron chi connectivity index (χ2n) is 6.41. The van der Waals surface area contributed by atoms with Crippen LogP contribution in [0, 0.1) is 11.8 Å². The first-order valence-electron chi connectivity index (χ1n) is 7.61. The number of nitrogens with one attached hydrogen (secondary N) is 1. The topological polar surface area (TPSA) is 72.5 Å². The van der Waals surface area contributed by atoms with Gasteiger partial charge in [-0.15, -0.1) is 0 Å². The van der Waals surface area contributed by atoms with Gasteiger partial charge in [-0.2, -0.15) is 0 Å². The van der Waals surface area contributed by atoms with Crippen LogP contribution in [0.5, 0.6) is 0 Å². The van der Waals surface area contributed by atoms with Crippen LogP contribution in [0.15, 0.2) is 12.2 Å². The van der Waals surface area contributed by atoms with Crippen LogP contribution in [0.25, 0.3) is 0 Å². The third kappa shape index (κ3) is 4.30. The molecule has 0 aromatic carbocycles. The molecule has 2 rings (SSSR count). The summed E-state index contributed by atoms with van der Waals surface area (Å²) in [5, 5.41) is 0. The normalized spacial score (nSPS) is 33.0. The van der Waals surface area contributed by atoms with E-state index < -0.39 is 10.0 Å². The van der Waals surface area contributed by atoms with Crippen molar-refractivity contribution in [3.05, 3.63) is 12.2 Å². The smallest absolute Gasteiger partial charge is 0.333 e. The molecular formula is C15H25NO4S. The number of carbonyl (C=O) groups is 1. The summed E-state index contributed by atoms with van der Waals surface area (Å²) in [5.74, 6) is 0.194. The molecule has 21 heavy (non-hydrogen) atoms. The highest BCUT2D eigenvalue weighted by Gasteiger charge is 2.42. The zero-order valence-corrected chi connectivity index (χ0v) is 13.6. The van der Waals surface area contributed by atoms with E-state index in [0.717, 1.165) is 38.5 Å². The lowest BCUT2D eigenvalue weighted by atomic mass is 9.67. The molecule has 2 fully saturated rings. The van der Waals surface area contributed by atoms with Gasteiger partial charge in [0, 0.05) is 17.5 Å². The van der Waals surface area contributed by atoms with Gasteiger partial charge in [-0.05, 0) is 44.9 Å². The lowest BCUT2D eigenvalue weighted by Crippen LogP contribution is -2.50. The molecule has 1 N–H and O–H groups in total. The standard InChI is InChI=1S/C15H25NO4S/c1-10(2)15(17)20-14-9-5-6-11-12(14)7-4-8-13(11)16-21(3,18)19/h11-14,16H,1,4-9H2,2-3H3. The number of rotatable bonds is 4. The summed E-state index contributed by atoms with van der Waals surface area (Å²) >= 11 is 0. The molecule has 0 spiro atoms. The summed E-state index contributed by atoms with van der Waals surface area (Å²) < 4.78 is 31.4. The van der Waals surface area contributed by atoms with E-state index in [1.54, 1.807) is 6.92 Å². The monoisotopic (exact) mass is 315 g/mol. The molecule has 2 saturated carbocycles. The summed E-state index contributed by atoms with van der Waals surface area (Å²) in [6.07, 6.45) is 6.78. The summed E-state index contributed by atoms with van der Waals surface area (Å²) in [5.41, 5.74) is 0.416. The summed E-state index contributed by atoms with van der Waals surface area (Å²) in [7, 11) is -3.20. The second kappa shape index (κ2) is 6.48. The largest absolute Gasteiger partial charge is 0.459 e. The van der Waals surface area contributed by atoms with Crippen molar-refractivity contribution in [1.29, 1.82) is 0 Å². The van der Waals surface area contributed by atoms with Gasteiger partial charge in [-0.25, -0.2) is 17.9 Å². The fraction of sp³-hybridized carbons (Fsp3) is 0.800. The number of esters is 1. The van der Waals surface area contributed by atoms with Crippen LogP contribution < -0.4 is 4.72 Å². The average Bonchev–Trinajstić information content (AvgIpc) is 2.38. The Bertz CT molecular complexity index is 514. The third-order valence-electron chi connectivity index (χ3n) is 4.60. The number of ether oxygens (including phenoxy) is 1. The summed E-state index contributed by atoms with van der Waals surface area (Å²) in [6, 6.07) is -0.0231. The van der Waals surface area contributed by atoms with Crippen LogP contribution in [0.1, 0.15) is 45.4 Å². The van der Waals surface area contributed by atoms with E-state index in [4.69, 9.17) is 4.74 Å². The highest BCUT2D eigenvalue weighted by atomic mass is 32.2. The summed E-state index contributed by atoms with van der Waals surface area (Å²) in [4.78, 5) is 11.8. The second-order valence-corrected chi connectivity index (χ2v) is 8.19. The Hall–Kier alpha value is -0.880. The number of hydrogen-bond donors (Lipinski definition) is 1. The number of hydrogen-bond acceptors (Lipinski definition) is 4. The van der Waals surface area contributed by atoms with Crippen molar-refractivity contribution in [3.63, 3.8) is 0 Å². The van der Waals surface area contributed by atoms with Crippen LogP contribution >= 0.6 is 0 Å². The zero-order chi connectivity index (χ0) is 15.6. The van der Waals surface area contributed by atoms with Crippen molar-refractivity contribution in [1.82, 2.24) is 4.72 Å². The molecular weight excluding hydrogens is 290 g/mol. The van der Waals surface area contributed by atoms with E-state index in [-0.39, 0.29) is 30.0 Å². The number of fused-ring (bicyclic) bond motifs is 1. The van der Waals surface area contributed by atoms with Crippen LogP contribution in [-0.2, 0) is 19.6 Å². The van der Waals surface area contributed by atoms with Crippen molar-refractivity contribution in [3.8, 4) is 0 Å². The Morgan fingerprint density at radius 1 is 1.14 bits per heavy atom. The van der Waals surface area contributed by atoms with Crippen LogP contribution in [0.2, 0.25) is 0 Å². The van der Waals surface area contributed by atoms with E-state index in [1.807, 2.05) is 0 Å². The Morgan fingerprint density at radius 2 is 1.76 bits per heavy atom. The highest BCUT2D eigenvalue weighted by molar-refractivity contribution is 7.88. The van der Waals surface area contributed by atoms with Crippen LogP contribution in [0.3, 0.4) is 0 Å². The molecule has 0 amide bonds. The van der Waals surface area contributed by atoms with E-state index in [2.05, 4.69) is 11.3 Å². The molecule has 2 aliphatic carbocycles. The van der Waals surface area contributed by atoms with Crippen LogP contribution in [0.4, 0.5) is 0 Å². The van der Waals surface area contributed by atoms with Crippen molar-refractivity contribution < 1.29 is 17.9 Å². The summed E-state index contributed by atoms with van der Waals surface area (Å²) in [6.45, 7) is 5.27. The quantitative estimate of drug-likeness (QED) is 0.636. The minimum absolute atomic E-state index is 0.0231. The molecule has 5 nitrogen and oxygen atoms in total. The molecule has 4 unspecified atom stereocenters. The molecule has 0 aliphatic heterocycles. The van der Waals surface area contributed by atoms with E-state index >= 15 is 0 Å². The van der Waals surface area contributed by atoms with Gasteiger partial charge < -0.3 is 4.74 Å². The maximum absolute atomic E-state index is 11.8. The molecule has 4 atom stereocenters. The Kier molecular flexibility index (Phi) is 5.09. The molecule has 0 aromatic rings. The predicted molar refractivity (Wildman–Crippen MR) is 81.1 cm³/mol. The first kappa shape index (κ1) is 16.5. The first-order valence-corrected chi connectivity index (χ1v) is 9.51. The Morgan fingerprint density at radius 3 is 2.38 bits per heavy atom. The van der Waals surface area contributed by atoms with Crippen molar-refractivity contribution in [2.75, 3.05) is 6.26 Å². The van der Waals surface area contributed by atoms with Gasteiger partial charge in [0.25, 0.3) is 0 Å². The lowest BCUT2D eigenvalue weighted by Gasteiger charge is -2.44. The van der Waals surface area contributed by atoms with E-state index in [0.29, 0.717) is 5.57 Å². The van der Waals surface area contributed by atoms with Gasteiger partial charge in [0.05, 0.1) is 6.26 Å².